The third kappa shape index (κ3) is 6.61. The van der Waals surface area contributed by atoms with E-state index in [0.29, 0.717) is 12.4 Å². The fourth-order valence-electron chi connectivity index (χ4n) is 2.53. The van der Waals surface area contributed by atoms with E-state index in [1.54, 1.807) is 45.0 Å². The lowest BCUT2D eigenvalue weighted by Gasteiger charge is -2.31. The smallest absolute Gasteiger partial charge is 0.410 e. The topological polar surface area (TPSA) is 78.9 Å². The third-order valence-corrected chi connectivity index (χ3v) is 4.02. The minimum Gasteiger partial charge on any atom is -0.548 e. The SMILES string of the molecule is CN(C(=O)OC(C)(C)C)[C@H](Cc1ccc(OCc2ccccc2)cc1)C(=O)[O-]. The predicted octanol–water partition coefficient (Wildman–Crippen LogP) is 2.79. The highest BCUT2D eigenvalue weighted by Crippen LogP contribution is 2.17. The van der Waals surface area contributed by atoms with E-state index >= 15 is 0 Å². The first-order chi connectivity index (χ1) is 13.2. The van der Waals surface area contributed by atoms with Crippen molar-refractivity contribution in [3.8, 4) is 5.75 Å². The van der Waals surface area contributed by atoms with Crippen molar-refractivity contribution in [1.29, 1.82) is 0 Å². The van der Waals surface area contributed by atoms with Crippen LogP contribution in [0.3, 0.4) is 0 Å². The Kier molecular flexibility index (Phi) is 7.04. The number of nitrogens with zero attached hydrogens (tertiary/aromatic N) is 1. The molecular weight excluding hydrogens is 358 g/mol. The average molecular weight is 384 g/mol. The molecule has 150 valence electrons. The van der Waals surface area contributed by atoms with Gasteiger partial charge in [0.1, 0.15) is 18.0 Å². The van der Waals surface area contributed by atoms with Gasteiger partial charge in [-0.05, 0) is 50.5 Å². The number of benzene rings is 2. The summed E-state index contributed by atoms with van der Waals surface area (Å²) in [7, 11) is 1.39. The number of ether oxygens (including phenoxy) is 2. The summed E-state index contributed by atoms with van der Waals surface area (Å²) in [5.74, 6) is -0.657. The Bertz CT molecular complexity index is 781. The number of likely N-dealkylation sites (N-methyl/N-ethyl adjacent to an activating group) is 1. The van der Waals surface area contributed by atoms with E-state index in [1.165, 1.54) is 7.05 Å². The van der Waals surface area contributed by atoms with Gasteiger partial charge < -0.3 is 24.3 Å². The molecule has 0 saturated carbocycles. The molecule has 0 radical (unpaired) electrons. The fourth-order valence-corrected chi connectivity index (χ4v) is 2.53. The molecule has 0 bridgehead atoms. The summed E-state index contributed by atoms with van der Waals surface area (Å²) in [6.07, 6.45) is -0.596. The zero-order chi connectivity index (χ0) is 20.7. The van der Waals surface area contributed by atoms with Crippen molar-refractivity contribution in [2.45, 2.75) is 45.4 Å². The largest absolute Gasteiger partial charge is 0.548 e. The van der Waals surface area contributed by atoms with Gasteiger partial charge in [0.2, 0.25) is 0 Å². The maximum atomic E-state index is 12.2. The van der Waals surface area contributed by atoms with Crippen molar-refractivity contribution < 1.29 is 24.2 Å². The number of aliphatic carboxylic acids is 1. The zero-order valence-electron chi connectivity index (χ0n) is 16.7. The highest BCUT2D eigenvalue weighted by Gasteiger charge is 2.26. The zero-order valence-corrected chi connectivity index (χ0v) is 16.7. The van der Waals surface area contributed by atoms with Crippen LogP contribution < -0.4 is 9.84 Å². The lowest BCUT2D eigenvalue weighted by molar-refractivity contribution is -0.310. The van der Waals surface area contributed by atoms with Gasteiger partial charge in [-0.15, -0.1) is 0 Å². The molecule has 0 aliphatic rings. The molecule has 0 aliphatic carbocycles. The number of carboxylic acid groups (broad SMARTS) is 1. The van der Waals surface area contributed by atoms with Crippen molar-refractivity contribution in [2.75, 3.05) is 7.05 Å². The van der Waals surface area contributed by atoms with Crippen LogP contribution in [0.15, 0.2) is 54.6 Å². The molecule has 0 saturated heterocycles. The minimum absolute atomic E-state index is 0.108. The van der Waals surface area contributed by atoms with Gasteiger partial charge in [0.25, 0.3) is 0 Å². The Morgan fingerprint density at radius 2 is 1.61 bits per heavy atom. The van der Waals surface area contributed by atoms with Gasteiger partial charge >= 0.3 is 6.09 Å². The summed E-state index contributed by atoms with van der Waals surface area (Å²) in [5.41, 5.74) is 1.10. The van der Waals surface area contributed by atoms with Gasteiger partial charge in [0.05, 0.1) is 12.0 Å². The Morgan fingerprint density at radius 3 is 2.14 bits per heavy atom. The molecule has 0 unspecified atom stereocenters. The van der Waals surface area contributed by atoms with Crippen LogP contribution in [0.25, 0.3) is 0 Å². The van der Waals surface area contributed by atoms with Gasteiger partial charge in [-0.25, -0.2) is 4.79 Å². The van der Waals surface area contributed by atoms with E-state index < -0.39 is 23.7 Å². The number of carbonyl (C=O) groups excluding carboxylic acids is 2. The Hall–Kier alpha value is -3.02. The number of carbonyl (C=O) groups is 2. The van der Waals surface area contributed by atoms with E-state index in [-0.39, 0.29) is 6.42 Å². The molecule has 0 heterocycles. The van der Waals surface area contributed by atoms with Crippen LogP contribution >= 0.6 is 0 Å². The lowest BCUT2D eigenvalue weighted by atomic mass is 10.1. The monoisotopic (exact) mass is 384 g/mol. The first kappa shape index (κ1) is 21.3. The van der Waals surface area contributed by atoms with Gasteiger partial charge in [0.15, 0.2) is 0 Å². The number of hydrogen-bond donors (Lipinski definition) is 0. The fraction of sp³-hybridized carbons (Fsp3) is 0.364. The molecule has 28 heavy (non-hydrogen) atoms. The molecule has 6 heteroatoms. The molecular formula is C22H26NO5-. The van der Waals surface area contributed by atoms with Crippen LogP contribution in [0.4, 0.5) is 4.79 Å². The second-order valence-corrected chi connectivity index (χ2v) is 7.55. The van der Waals surface area contributed by atoms with Gasteiger partial charge in [-0.2, -0.15) is 0 Å². The summed E-state index contributed by atoms with van der Waals surface area (Å²) in [6, 6.07) is 15.8. The van der Waals surface area contributed by atoms with E-state index in [4.69, 9.17) is 9.47 Å². The molecule has 0 N–H and O–H groups in total. The highest BCUT2D eigenvalue weighted by molar-refractivity contribution is 5.79. The van der Waals surface area contributed by atoms with Crippen molar-refractivity contribution in [1.82, 2.24) is 4.90 Å². The number of rotatable bonds is 7. The van der Waals surface area contributed by atoms with Gasteiger partial charge in [-0.3, -0.25) is 0 Å². The van der Waals surface area contributed by atoms with Crippen LogP contribution in [0.1, 0.15) is 31.9 Å². The molecule has 0 spiro atoms. The molecule has 0 fully saturated rings. The van der Waals surface area contributed by atoms with E-state index in [0.717, 1.165) is 16.0 Å². The van der Waals surface area contributed by atoms with Crippen LogP contribution in [0, 0.1) is 0 Å². The molecule has 2 aromatic carbocycles. The first-order valence-electron chi connectivity index (χ1n) is 9.08. The molecule has 0 aliphatic heterocycles. The maximum Gasteiger partial charge on any atom is 0.410 e. The van der Waals surface area contributed by atoms with Gasteiger partial charge in [-0.1, -0.05) is 42.5 Å². The van der Waals surface area contributed by atoms with E-state index in [1.807, 2.05) is 30.3 Å². The Morgan fingerprint density at radius 1 is 1.00 bits per heavy atom. The minimum atomic E-state index is -1.34. The molecule has 2 rings (SSSR count). The van der Waals surface area contributed by atoms with E-state index in [9.17, 15) is 14.7 Å². The number of amides is 1. The molecule has 6 nitrogen and oxygen atoms in total. The van der Waals surface area contributed by atoms with Crippen molar-refractivity contribution >= 4 is 12.1 Å². The van der Waals surface area contributed by atoms with Crippen LogP contribution in [0.5, 0.6) is 5.75 Å². The van der Waals surface area contributed by atoms with Gasteiger partial charge in [0, 0.05) is 7.05 Å². The molecule has 1 amide bonds. The number of hydrogen-bond acceptors (Lipinski definition) is 5. The van der Waals surface area contributed by atoms with Crippen molar-refractivity contribution in [2.24, 2.45) is 0 Å². The van der Waals surface area contributed by atoms with Crippen LogP contribution in [-0.4, -0.2) is 35.7 Å². The predicted molar refractivity (Wildman–Crippen MR) is 104 cm³/mol. The summed E-state index contributed by atoms with van der Waals surface area (Å²) < 4.78 is 11.0. The first-order valence-corrected chi connectivity index (χ1v) is 9.08. The Balaban J connectivity index is 1.99. The third-order valence-electron chi connectivity index (χ3n) is 4.02. The molecule has 2 aromatic rings. The summed E-state index contributed by atoms with van der Waals surface area (Å²) >= 11 is 0. The highest BCUT2D eigenvalue weighted by atomic mass is 16.6. The lowest BCUT2D eigenvalue weighted by Crippen LogP contribution is -2.51. The standard InChI is InChI=1S/C22H27NO5/c1-22(2,3)28-21(26)23(4)19(20(24)25)14-16-10-12-18(13-11-16)27-15-17-8-6-5-7-9-17/h5-13,19H,14-15H2,1-4H3,(H,24,25)/p-1/t19-/m1/s1. The van der Waals surface area contributed by atoms with Crippen molar-refractivity contribution in [3.63, 3.8) is 0 Å². The quantitative estimate of drug-likeness (QED) is 0.733. The summed E-state index contributed by atoms with van der Waals surface area (Å²) in [6.45, 7) is 5.62. The summed E-state index contributed by atoms with van der Waals surface area (Å²) in [4.78, 5) is 24.8. The maximum absolute atomic E-state index is 12.2. The average Bonchev–Trinajstić information content (AvgIpc) is 2.64. The van der Waals surface area contributed by atoms with E-state index in [2.05, 4.69) is 0 Å². The molecule has 0 aromatic heterocycles. The van der Waals surface area contributed by atoms with Crippen LogP contribution in [0.2, 0.25) is 0 Å². The normalized spacial score (nSPS) is 12.1. The summed E-state index contributed by atoms with van der Waals surface area (Å²) in [5, 5.41) is 11.6. The Labute approximate surface area is 165 Å². The van der Waals surface area contributed by atoms with Crippen molar-refractivity contribution in [3.05, 3.63) is 65.7 Å². The molecule has 1 atom stereocenters. The second-order valence-electron chi connectivity index (χ2n) is 7.55. The number of carboxylic acids is 1. The second kappa shape index (κ2) is 9.26. The van der Waals surface area contributed by atoms with Crippen LogP contribution in [-0.2, 0) is 22.6 Å².